The second-order valence-corrected chi connectivity index (χ2v) is 6.94. The van der Waals surface area contributed by atoms with E-state index in [2.05, 4.69) is 5.32 Å². The number of hydrogen-bond acceptors (Lipinski definition) is 2. The van der Waals surface area contributed by atoms with Crippen LogP contribution in [0.3, 0.4) is 0 Å². The fourth-order valence-corrected chi connectivity index (χ4v) is 2.99. The number of hydrogen-bond donors (Lipinski definition) is 3. The van der Waals surface area contributed by atoms with Crippen molar-refractivity contribution in [1.82, 2.24) is 4.90 Å². The van der Waals surface area contributed by atoms with E-state index in [0.717, 1.165) is 37.4 Å². The summed E-state index contributed by atoms with van der Waals surface area (Å²) in [6, 6.07) is 5.96. The summed E-state index contributed by atoms with van der Waals surface area (Å²) < 4.78 is 0. The van der Waals surface area contributed by atoms with Crippen LogP contribution < -0.4 is 15.1 Å². The highest BCUT2D eigenvalue weighted by Crippen LogP contribution is 2.17. The van der Waals surface area contributed by atoms with Crippen LogP contribution in [0.4, 0.5) is 5.69 Å². The third kappa shape index (κ3) is 5.04. The molecule has 0 aromatic heterocycles. The second-order valence-electron chi connectivity index (χ2n) is 6.94. The minimum Gasteiger partial charge on any atom is -0.344 e. The molecule has 3 N–H and O–H groups in total. The van der Waals surface area contributed by atoms with Crippen molar-refractivity contribution in [3.8, 4) is 0 Å². The Morgan fingerprint density at radius 1 is 1.04 bits per heavy atom. The summed E-state index contributed by atoms with van der Waals surface area (Å²) in [4.78, 5) is 28.3. The van der Waals surface area contributed by atoms with Gasteiger partial charge in [0.15, 0.2) is 13.1 Å². The molecule has 1 saturated heterocycles. The van der Waals surface area contributed by atoms with Gasteiger partial charge in [-0.3, -0.25) is 9.59 Å². The highest BCUT2D eigenvalue weighted by molar-refractivity contribution is 5.92. The fourth-order valence-electron chi connectivity index (χ4n) is 2.99. The lowest BCUT2D eigenvalue weighted by Crippen LogP contribution is -3.28. The smallest absolute Gasteiger partial charge is 0.279 e. The van der Waals surface area contributed by atoms with Crippen molar-refractivity contribution in [3.63, 3.8) is 0 Å². The van der Waals surface area contributed by atoms with E-state index in [-0.39, 0.29) is 11.8 Å². The van der Waals surface area contributed by atoms with Crippen molar-refractivity contribution in [3.05, 3.63) is 29.3 Å². The lowest BCUT2D eigenvalue weighted by atomic mass is 10.1. The highest BCUT2D eigenvalue weighted by atomic mass is 16.2. The Bertz CT molecular complexity index is 593. The van der Waals surface area contributed by atoms with Gasteiger partial charge in [0.1, 0.15) is 26.2 Å². The minimum absolute atomic E-state index is 0.0616. The van der Waals surface area contributed by atoms with E-state index in [1.54, 1.807) is 19.0 Å². The van der Waals surface area contributed by atoms with Gasteiger partial charge < -0.3 is 20.0 Å². The molecule has 24 heavy (non-hydrogen) atoms. The van der Waals surface area contributed by atoms with Crippen molar-refractivity contribution in [2.24, 2.45) is 0 Å². The predicted octanol–water partition coefficient (Wildman–Crippen LogP) is -1.89. The Kier molecular flexibility index (Phi) is 6.34. The van der Waals surface area contributed by atoms with E-state index in [1.807, 2.05) is 32.0 Å². The van der Waals surface area contributed by atoms with Gasteiger partial charge in [0.05, 0.1) is 0 Å². The van der Waals surface area contributed by atoms with Crippen molar-refractivity contribution in [2.45, 2.75) is 13.8 Å². The van der Waals surface area contributed by atoms with Gasteiger partial charge in [-0.25, -0.2) is 0 Å². The van der Waals surface area contributed by atoms with E-state index in [4.69, 9.17) is 0 Å². The average Bonchev–Trinajstić information content (AvgIpc) is 2.53. The molecule has 0 radical (unpaired) electrons. The van der Waals surface area contributed by atoms with Crippen LogP contribution in [0, 0.1) is 13.8 Å². The molecule has 2 rings (SSSR count). The fraction of sp³-hybridized carbons (Fsp3) is 0.556. The highest BCUT2D eigenvalue weighted by Gasteiger charge is 2.26. The van der Waals surface area contributed by atoms with Crippen molar-refractivity contribution in [2.75, 3.05) is 58.7 Å². The van der Waals surface area contributed by atoms with Crippen LogP contribution in [0.5, 0.6) is 0 Å². The maximum atomic E-state index is 12.3. The van der Waals surface area contributed by atoms with E-state index in [0.29, 0.717) is 13.1 Å². The molecule has 1 aliphatic rings. The number of carbonyl (C=O) groups is 2. The number of quaternary nitrogens is 2. The van der Waals surface area contributed by atoms with Gasteiger partial charge >= 0.3 is 0 Å². The monoisotopic (exact) mass is 334 g/mol. The van der Waals surface area contributed by atoms with Crippen LogP contribution >= 0.6 is 0 Å². The molecule has 1 aliphatic heterocycles. The SMILES string of the molecule is Cc1cccc(NC(=O)C[NH+]2CC[NH+](CC(=O)N(C)C)CC2)c1C. The zero-order valence-electron chi connectivity index (χ0n) is 15.2. The summed E-state index contributed by atoms with van der Waals surface area (Å²) in [7, 11) is 3.59. The Balaban J connectivity index is 1.78. The van der Waals surface area contributed by atoms with Crippen molar-refractivity contribution in [1.29, 1.82) is 0 Å². The summed E-state index contributed by atoms with van der Waals surface area (Å²) in [5.74, 6) is 0.229. The number of likely N-dealkylation sites (N-methyl/N-ethyl adjacent to an activating group) is 1. The van der Waals surface area contributed by atoms with E-state index in [1.165, 1.54) is 15.4 Å². The second kappa shape index (κ2) is 8.26. The summed E-state index contributed by atoms with van der Waals surface area (Å²) in [5, 5.41) is 3.03. The number of rotatable bonds is 5. The lowest BCUT2D eigenvalue weighted by Gasteiger charge is -2.29. The van der Waals surface area contributed by atoms with Crippen LogP contribution in [0.15, 0.2) is 18.2 Å². The molecule has 0 unspecified atom stereocenters. The standard InChI is InChI=1S/C18H28N4O2/c1-14-6-5-7-16(15(14)2)19-17(23)12-21-8-10-22(11-9-21)13-18(24)20(3)4/h5-7H,8-13H2,1-4H3,(H,19,23)/p+2. The molecule has 0 bridgehead atoms. The van der Waals surface area contributed by atoms with Crippen LogP contribution in [-0.2, 0) is 9.59 Å². The number of nitrogens with one attached hydrogen (secondary N) is 3. The average molecular weight is 334 g/mol. The Morgan fingerprint density at radius 3 is 2.21 bits per heavy atom. The van der Waals surface area contributed by atoms with Gasteiger partial charge in [-0.2, -0.15) is 0 Å². The third-order valence-electron chi connectivity index (χ3n) is 4.85. The Hall–Kier alpha value is -1.92. The summed E-state index contributed by atoms with van der Waals surface area (Å²) in [5.41, 5.74) is 3.21. The zero-order valence-corrected chi connectivity index (χ0v) is 15.2. The molecule has 1 aromatic rings. The molecule has 0 saturated carbocycles. The van der Waals surface area contributed by atoms with Crippen molar-refractivity contribution < 1.29 is 19.4 Å². The van der Waals surface area contributed by atoms with E-state index in [9.17, 15) is 9.59 Å². The molecular formula is C18H30N4O2+2. The number of aryl methyl sites for hydroxylation is 1. The van der Waals surface area contributed by atoms with Gasteiger partial charge in [-0.05, 0) is 31.0 Å². The van der Waals surface area contributed by atoms with Gasteiger partial charge in [0, 0.05) is 19.8 Å². The number of carbonyl (C=O) groups excluding carboxylic acids is 2. The Morgan fingerprint density at radius 2 is 1.62 bits per heavy atom. The summed E-state index contributed by atoms with van der Waals surface area (Å²) in [6.07, 6.45) is 0. The van der Waals surface area contributed by atoms with Crippen LogP contribution in [0.2, 0.25) is 0 Å². The molecule has 2 amide bonds. The molecule has 0 aliphatic carbocycles. The maximum Gasteiger partial charge on any atom is 0.279 e. The molecule has 6 heteroatoms. The number of anilines is 1. The van der Waals surface area contributed by atoms with Gasteiger partial charge in [0.2, 0.25) is 0 Å². The maximum absolute atomic E-state index is 12.3. The number of nitrogens with zero attached hydrogens (tertiary/aromatic N) is 1. The molecule has 132 valence electrons. The van der Waals surface area contributed by atoms with Gasteiger partial charge in [-0.1, -0.05) is 12.1 Å². The molecular weight excluding hydrogens is 304 g/mol. The first-order chi connectivity index (χ1) is 11.4. The first-order valence-corrected chi connectivity index (χ1v) is 8.60. The summed E-state index contributed by atoms with van der Waals surface area (Å²) in [6.45, 7) is 8.84. The first kappa shape index (κ1) is 18.4. The predicted molar refractivity (Wildman–Crippen MR) is 94.4 cm³/mol. The van der Waals surface area contributed by atoms with Crippen LogP contribution in [-0.4, -0.2) is 70.1 Å². The number of piperazine rings is 1. The lowest BCUT2D eigenvalue weighted by molar-refractivity contribution is -1.00. The van der Waals surface area contributed by atoms with Crippen LogP contribution in [0.1, 0.15) is 11.1 Å². The van der Waals surface area contributed by atoms with Crippen molar-refractivity contribution >= 4 is 17.5 Å². The minimum atomic E-state index is 0.0616. The summed E-state index contributed by atoms with van der Waals surface area (Å²) >= 11 is 0. The normalized spacial score (nSPS) is 20.5. The third-order valence-corrected chi connectivity index (χ3v) is 4.85. The Labute approximate surface area is 144 Å². The zero-order chi connectivity index (χ0) is 17.7. The van der Waals surface area contributed by atoms with Gasteiger partial charge in [-0.15, -0.1) is 0 Å². The molecule has 1 heterocycles. The largest absolute Gasteiger partial charge is 0.344 e. The molecule has 1 aromatic carbocycles. The molecule has 0 spiro atoms. The number of amides is 2. The molecule has 1 fully saturated rings. The van der Waals surface area contributed by atoms with E-state index < -0.39 is 0 Å². The molecule has 0 atom stereocenters. The first-order valence-electron chi connectivity index (χ1n) is 8.60. The van der Waals surface area contributed by atoms with Crippen LogP contribution in [0.25, 0.3) is 0 Å². The quantitative estimate of drug-likeness (QED) is 0.590. The molecule has 6 nitrogen and oxygen atoms in total. The van der Waals surface area contributed by atoms with E-state index >= 15 is 0 Å². The number of benzene rings is 1. The van der Waals surface area contributed by atoms with Gasteiger partial charge in [0.25, 0.3) is 11.8 Å². The topological polar surface area (TPSA) is 58.3 Å².